The molecule has 0 spiro atoms. The second-order valence-electron chi connectivity index (χ2n) is 5.32. The van der Waals surface area contributed by atoms with Crippen LogP contribution in [0.2, 0.25) is 5.02 Å². The van der Waals surface area contributed by atoms with E-state index in [0.29, 0.717) is 40.4 Å². The highest BCUT2D eigenvalue weighted by atomic mass is 35.5. The monoisotopic (exact) mass is 350 g/mol. The summed E-state index contributed by atoms with van der Waals surface area (Å²) in [6.45, 7) is 3.99. The summed E-state index contributed by atoms with van der Waals surface area (Å²) in [5.74, 6) is 0.272. The molecule has 0 radical (unpaired) electrons. The highest BCUT2D eigenvalue weighted by Gasteiger charge is 2.27. The molecule has 0 saturated carbocycles. The van der Waals surface area contributed by atoms with Crippen LogP contribution in [-0.2, 0) is 6.54 Å². The topological polar surface area (TPSA) is 71.9 Å². The molecule has 0 fully saturated rings. The van der Waals surface area contributed by atoms with Crippen molar-refractivity contribution in [2.45, 2.75) is 31.7 Å². The predicted octanol–water partition coefficient (Wildman–Crippen LogP) is 3.07. The highest BCUT2D eigenvalue weighted by molar-refractivity contribution is 7.99. The number of carbonyl (C=O) groups is 2. The average molecular weight is 351 g/mol. The quantitative estimate of drug-likeness (QED) is 0.863. The third-order valence-corrected chi connectivity index (χ3v) is 5.53. The van der Waals surface area contributed by atoms with Crippen LogP contribution in [0.4, 0.5) is 0 Å². The van der Waals surface area contributed by atoms with Gasteiger partial charge in [0.25, 0.3) is 5.56 Å². The normalized spacial score (nSPS) is 14.0. The number of rotatable bonds is 3. The van der Waals surface area contributed by atoms with E-state index in [1.54, 1.807) is 13.0 Å². The molecule has 1 aliphatic rings. The molecule has 2 heterocycles. The van der Waals surface area contributed by atoms with Crippen LogP contribution in [0.3, 0.4) is 0 Å². The van der Waals surface area contributed by atoms with Crippen LogP contribution in [0.1, 0.15) is 45.2 Å². The largest absolute Gasteiger partial charge is 0.302 e. The Bertz CT molecular complexity index is 882. The minimum absolute atomic E-state index is 0.00663. The number of Topliss-reactive ketones (excluding diaryl/α,β-unsaturated/α-hetero) is 1. The highest BCUT2D eigenvalue weighted by Crippen LogP contribution is 2.39. The van der Waals surface area contributed by atoms with Gasteiger partial charge >= 0.3 is 0 Å². The zero-order valence-electron chi connectivity index (χ0n) is 12.7. The number of aromatic nitrogens is 2. The second kappa shape index (κ2) is 6.02. The summed E-state index contributed by atoms with van der Waals surface area (Å²) in [5.41, 5.74) is 1.11. The van der Waals surface area contributed by atoms with Gasteiger partial charge < -0.3 is 5.10 Å². The van der Waals surface area contributed by atoms with Crippen molar-refractivity contribution >= 4 is 34.9 Å². The lowest BCUT2D eigenvalue weighted by Gasteiger charge is -2.19. The van der Waals surface area contributed by atoms with Crippen molar-refractivity contribution in [2.24, 2.45) is 0 Å². The number of thioether (sulfide) groups is 1. The van der Waals surface area contributed by atoms with E-state index in [0.717, 1.165) is 4.90 Å². The number of ketones is 2. The number of aryl methyl sites for hydroxylation is 1. The van der Waals surface area contributed by atoms with Gasteiger partial charge in [0.2, 0.25) is 5.78 Å². The standard InChI is InChI=1S/C16H15ClN2O3S/c1-3-19-16(22)10(7-18-19)14(21)9-6-11(17)15-13(8(9)2)12(20)4-5-23-15/h6-7,18H,3-5H2,1-2H3. The zero-order valence-corrected chi connectivity index (χ0v) is 14.3. The fraction of sp³-hybridized carbons (Fsp3) is 0.312. The Hall–Kier alpha value is -1.79. The number of H-pyrrole nitrogens is 1. The fourth-order valence-corrected chi connectivity index (χ4v) is 4.23. The molecule has 120 valence electrons. The molecule has 1 aliphatic heterocycles. The fourth-order valence-electron chi connectivity index (χ4n) is 2.76. The average Bonchev–Trinajstić information content (AvgIpc) is 2.90. The van der Waals surface area contributed by atoms with Gasteiger partial charge in [0.1, 0.15) is 5.56 Å². The molecular formula is C16H15ClN2O3S. The van der Waals surface area contributed by atoms with Crippen LogP contribution >= 0.6 is 23.4 Å². The molecule has 0 aliphatic carbocycles. The number of halogens is 1. The first-order chi connectivity index (χ1) is 11.0. The number of nitrogens with zero attached hydrogens (tertiary/aromatic N) is 1. The number of benzene rings is 1. The van der Waals surface area contributed by atoms with Gasteiger partial charge in [0, 0.05) is 40.9 Å². The van der Waals surface area contributed by atoms with Gasteiger partial charge in [-0.05, 0) is 25.5 Å². The van der Waals surface area contributed by atoms with Gasteiger partial charge in [-0.1, -0.05) is 11.6 Å². The Morgan fingerprint density at radius 3 is 2.78 bits per heavy atom. The molecule has 1 aromatic carbocycles. The molecule has 0 unspecified atom stereocenters. The predicted molar refractivity (Wildman–Crippen MR) is 90.0 cm³/mol. The molecule has 0 bridgehead atoms. The second-order valence-corrected chi connectivity index (χ2v) is 6.83. The van der Waals surface area contributed by atoms with Crippen LogP contribution in [-0.4, -0.2) is 27.1 Å². The third-order valence-electron chi connectivity index (χ3n) is 3.99. The summed E-state index contributed by atoms with van der Waals surface area (Å²) in [6, 6.07) is 1.56. The van der Waals surface area contributed by atoms with E-state index in [2.05, 4.69) is 5.10 Å². The van der Waals surface area contributed by atoms with Crippen LogP contribution in [0.15, 0.2) is 22.0 Å². The maximum Gasteiger partial charge on any atom is 0.277 e. The Kier molecular flexibility index (Phi) is 4.21. The molecule has 0 saturated heterocycles. The lowest BCUT2D eigenvalue weighted by Crippen LogP contribution is -2.22. The molecule has 3 rings (SSSR count). The van der Waals surface area contributed by atoms with Crippen molar-refractivity contribution in [1.29, 1.82) is 0 Å². The first kappa shape index (κ1) is 16.1. The Morgan fingerprint density at radius 1 is 1.39 bits per heavy atom. The summed E-state index contributed by atoms with van der Waals surface area (Å²) in [6.07, 6.45) is 1.83. The lowest BCUT2D eigenvalue weighted by molar-refractivity contribution is 0.0984. The number of hydrogen-bond acceptors (Lipinski definition) is 4. The van der Waals surface area contributed by atoms with Crippen LogP contribution in [0.5, 0.6) is 0 Å². The van der Waals surface area contributed by atoms with Crippen molar-refractivity contribution in [3.8, 4) is 0 Å². The number of nitrogens with one attached hydrogen (secondary N) is 1. The van der Waals surface area contributed by atoms with Crippen molar-refractivity contribution in [1.82, 2.24) is 9.78 Å². The Balaban J connectivity index is 2.17. The molecule has 7 heteroatoms. The molecular weight excluding hydrogens is 336 g/mol. The first-order valence-corrected chi connectivity index (χ1v) is 8.64. The molecule has 0 atom stereocenters. The van der Waals surface area contributed by atoms with E-state index in [1.807, 2.05) is 6.92 Å². The van der Waals surface area contributed by atoms with Gasteiger partial charge in [-0.15, -0.1) is 11.8 Å². The summed E-state index contributed by atoms with van der Waals surface area (Å²) >= 11 is 7.80. The smallest absolute Gasteiger partial charge is 0.277 e. The minimum atomic E-state index is -0.413. The maximum atomic E-state index is 12.8. The molecule has 1 N–H and O–H groups in total. The summed E-state index contributed by atoms with van der Waals surface area (Å²) in [4.78, 5) is 37.9. The maximum absolute atomic E-state index is 12.8. The summed E-state index contributed by atoms with van der Waals surface area (Å²) < 4.78 is 1.35. The van der Waals surface area contributed by atoms with E-state index in [9.17, 15) is 14.4 Å². The molecule has 0 amide bonds. The SMILES string of the molecule is CCn1[nH]cc(C(=O)c2cc(Cl)c3c(c2C)C(=O)CCS3)c1=O. The molecule has 23 heavy (non-hydrogen) atoms. The van der Waals surface area contributed by atoms with Crippen molar-refractivity contribution in [2.75, 3.05) is 5.75 Å². The van der Waals surface area contributed by atoms with E-state index >= 15 is 0 Å². The molecule has 5 nitrogen and oxygen atoms in total. The van der Waals surface area contributed by atoms with Crippen molar-refractivity contribution < 1.29 is 9.59 Å². The van der Waals surface area contributed by atoms with Crippen LogP contribution < -0.4 is 5.56 Å². The summed E-state index contributed by atoms with van der Waals surface area (Å²) in [7, 11) is 0. The first-order valence-electron chi connectivity index (χ1n) is 7.27. The Morgan fingerprint density at radius 2 is 2.13 bits per heavy atom. The number of hydrogen-bond donors (Lipinski definition) is 1. The third kappa shape index (κ3) is 2.56. The number of fused-ring (bicyclic) bond motifs is 1. The van der Waals surface area contributed by atoms with Gasteiger partial charge in [-0.2, -0.15) is 0 Å². The molecule has 2 aromatic rings. The van der Waals surface area contributed by atoms with E-state index in [1.165, 1.54) is 22.6 Å². The van der Waals surface area contributed by atoms with E-state index in [-0.39, 0.29) is 16.9 Å². The van der Waals surface area contributed by atoms with Crippen molar-refractivity contribution in [3.05, 3.63) is 49.9 Å². The molecule has 1 aromatic heterocycles. The summed E-state index contributed by atoms with van der Waals surface area (Å²) in [5, 5.41) is 3.15. The van der Waals surface area contributed by atoms with Crippen LogP contribution in [0, 0.1) is 6.92 Å². The van der Waals surface area contributed by atoms with Gasteiger partial charge in [0.15, 0.2) is 5.78 Å². The lowest BCUT2D eigenvalue weighted by atomic mass is 9.93. The zero-order chi connectivity index (χ0) is 16.7. The van der Waals surface area contributed by atoms with Crippen molar-refractivity contribution in [3.63, 3.8) is 0 Å². The number of carbonyl (C=O) groups excluding carboxylic acids is 2. The number of aromatic amines is 1. The van der Waals surface area contributed by atoms with Crippen LogP contribution in [0.25, 0.3) is 0 Å². The minimum Gasteiger partial charge on any atom is -0.302 e. The van der Waals surface area contributed by atoms with Gasteiger partial charge in [-0.25, -0.2) is 0 Å². The van der Waals surface area contributed by atoms with Gasteiger partial charge in [-0.3, -0.25) is 19.1 Å². The van der Waals surface area contributed by atoms with E-state index < -0.39 is 5.78 Å². The Labute approximate surface area is 142 Å². The van der Waals surface area contributed by atoms with E-state index in [4.69, 9.17) is 11.6 Å². The van der Waals surface area contributed by atoms with Gasteiger partial charge in [0.05, 0.1) is 5.02 Å².